The first-order chi connectivity index (χ1) is 18.9. The Kier molecular flexibility index (Phi) is 18.4. The Morgan fingerprint density at radius 3 is 2.03 bits per heavy atom. The fraction of sp³-hybridized carbons (Fsp3) is 0.767. The van der Waals surface area contributed by atoms with Crippen LogP contribution in [0.4, 0.5) is 0 Å². The number of ether oxygens (including phenoxy) is 3. The van der Waals surface area contributed by atoms with Crippen LogP contribution in [-0.4, -0.2) is 52.7 Å². The maximum atomic E-state index is 13.2. The molecule has 1 aromatic heterocycles. The van der Waals surface area contributed by atoms with Crippen molar-refractivity contribution in [2.45, 2.75) is 118 Å². The quantitative estimate of drug-likeness (QED) is 0.0736. The molecular formula is C30H49N3O6. The van der Waals surface area contributed by atoms with Crippen molar-refractivity contribution in [1.29, 1.82) is 0 Å². The Bertz CT molecular complexity index is 892. The molecule has 220 valence electrons. The highest BCUT2D eigenvalue weighted by atomic mass is 16.5. The van der Waals surface area contributed by atoms with Gasteiger partial charge in [0, 0.05) is 25.8 Å². The number of rotatable bonds is 22. The highest BCUT2D eigenvalue weighted by molar-refractivity contribution is 6.00. The Morgan fingerprint density at radius 1 is 0.846 bits per heavy atom. The van der Waals surface area contributed by atoms with Gasteiger partial charge in [0.1, 0.15) is 0 Å². The molecule has 39 heavy (non-hydrogen) atoms. The monoisotopic (exact) mass is 547 g/mol. The molecule has 0 amide bonds. The van der Waals surface area contributed by atoms with Gasteiger partial charge in [-0.15, -0.1) is 17.4 Å². The molecule has 0 bridgehead atoms. The molecule has 0 aliphatic heterocycles. The van der Waals surface area contributed by atoms with Gasteiger partial charge in [0.2, 0.25) is 5.69 Å². The van der Waals surface area contributed by atoms with Crippen LogP contribution in [0.2, 0.25) is 0 Å². The van der Waals surface area contributed by atoms with E-state index in [0.29, 0.717) is 25.7 Å². The standard InChI is InChI=1S/C30H49N3O6/c1-6-11-14-15-19-26(34)37-21-16-20-33-28(30(36)39-23-25(10-5)18-13-8-3)27(31-32-33)29(35)38-22-24(9-4)17-12-7-2/h1,24-25H,7-23H2,2-5H3. The molecule has 9 heteroatoms. The fourth-order valence-electron chi connectivity index (χ4n) is 4.10. The smallest absolute Gasteiger partial charge is 0.361 e. The Hall–Kier alpha value is -2.89. The molecule has 9 nitrogen and oxygen atoms in total. The van der Waals surface area contributed by atoms with E-state index >= 15 is 0 Å². The number of unbranched alkanes of at least 4 members (excludes halogenated alkanes) is 4. The van der Waals surface area contributed by atoms with E-state index in [1.807, 2.05) is 0 Å². The molecule has 1 rings (SSSR count). The first kappa shape index (κ1) is 34.1. The molecule has 0 N–H and O–H groups in total. The molecule has 1 aromatic rings. The van der Waals surface area contributed by atoms with Gasteiger partial charge >= 0.3 is 17.9 Å². The van der Waals surface area contributed by atoms with Gasteiger partial charge in [-0.3, -0.25) is 4.79 Å². The van der Waals surface area contributed by atoms with Crippen molar-refractivity contribution in [2.75, 3.05) is 19.8 Å². The molecule has 0 aromatic carbocycles. The minimum Gasteiger partial charge on any atom is -0.466 e. The number of hydrogen-bond donors (Lipinski definition) is 0. The van der Waals surface area contributed by atoms with E-state index in [-0.39, 0.29) is 55.6 Å². The third-order valence-electron chi connectivity index (χ3n) is 6.84. The van der Waals surface area contributed by atoms with Gasteiger partial charge in [-0.05, 0) is 37.5 Å². The second-order valence-electron chi connectivity index (χ2n) is 10.0. The number of esters is 3. The van der Waals surface area contributed by atoms with E-state index in [4.69, 9.17) is 20.6 Å². The lowest BCUT2D eigenvalue weighted by Gasteiger charge is -2.16. The summed E-state index contributed by atoms with van der Waals surface area (Å²) in [4.78, 5) is 38.0. The average molecular weight is 548 g/mol. The normalized spacial score (nSPS) is 12.4. The maximum absolute atomic E-state index is 13.2. The number of carbonyl (C=O) groups is 3. The van der Waals surface area contributed by atoms with Gasteiger partial charge in [-0.25, -0.2) is 14.3 Å². The SMILES string of the molecule is C#CCCCCC(=O)OCCCn1nnc(C(=O)OCC(CC)CCCC)c1C(=O)OCC(CC)CCCC. The predicted octanol–water partition coefficient (Wildman–Crippen LogP) is 6.15. The van der Waals surface area contributed by atoms with Crippen molar-refractivity contribution in [3.8, 4) is 12.3 Å². The number of carbonyl (C=O) groups excluding carboxylic acids is 3. The molecule has 0 radical (unpaired) electrons. The Labute approximate surface area is 234 Å². The molecule has 0 aliphatic rings. The third-order valence-corrected chi connectivity index (χ3v) is 6.84. The minimum atomic E-state index is -0.681. The Morgan fingerprint density at radius 2 is 1.46 bits per heavy atom. The molecule has 2 unspecified atom stereocenters. The molecule has 0 fully saturated rings. The fourth-order valence-corrected chi connectivity index (χ4v) is 4.10. The number of hydrogen-bond acceptors (Lipinski definition) is 8. The molecule has 0 aliphatic carbocycles. The van der Waals surface area contributed by atoms with E-state index in [1.54, 1.807) is 0 Å². The lowest BCUT2D eigenvalue weighted by molar-refractivity contribution is -0.143. The van der Waals surface area contributed by atoms with Crippen LogP contribution in [0.25, 0.3) is 0 Å². The van der Waals surface area contributed by atoms with E-state index < -0.39 is 11.9 Å². The Balaban J connectivity index is 2.87. The van der Waals surface area contributed by atoms with Crippen LogP contribution in [0.15, 0.2) is 0 Å². The minimum absolute atomic E-state index is 0.0208. The summed E-state index contributed by atoms with van der Waals surface area (Å²) in [5.74, 6) is 1.43. The largest absolute Gasteiger partial charge is 0.466 e. The summed E-state index contributed by atoms with van der Waals surface area (Å²) < 4.78 is 17.8. The van der Waals surface area contributed by atoms with Crippen molar-refractivity contribution in [3.63, 3.8) is 0 Å². The lowest BCUT2D eigenvalue weighted by atomic mass is 10.0. The van der Waals surface area contributed by atoms with E-state index in [9.17, 15) is 14.4 Å². The summed E-state index contributed by atoms with van der Waals surface area (Å²) in [5.41, 5.74) is -0.162. The first-order valence-electron chi connectivity index (χ1n) is 14.8. The molecule has 1 heterocycles. The van der Waals surface area contributed by atoms with Crippen molar-refractivity contribution >= 4 is 17.9 Å². The summed E-state index contributed by atoms with van der Waals surface area (Å²) in [5, 5.41) is 8.03. The summed E-state index contributed by atoms with van der Waals surface area (Å²) in [7, 11) is 0. The number of aromatic nitrogens is 3. The highest BCUT2D eigenvalue weighted by Gasteiger charge is 2.29. The van der Waals surface area contributed by atoms with Gasteiger partial charge in [0.05, 0.1) is 19.8 Å². The number of terminal acetylenes is 1. The zero-order chi connectivity index (χ0) is 28.9. The zero-order valence-corrected chi connectivity index (χ0v) is 24.5. The summed E-state index contributed by atoms with van der Waals surface area (Å²) in [6.07, 6.45) is 16.0. The van der Waals surface area contributed by atoms with Crippen molar-refractivity contribution in [1.82, 2.24) is 15.0 Å². The molecule has 0 saturated carbocycles. The number of aryl methyl sites for hydroxylation is 1. The molecular weight excluding hydrogens is 498 g/mol. The van der Waals surface area contributed by atoms with Crippen LogP contribution >= 0.6 is 0 Å². The molecule has 0 spiro atoms. The van der Waals surface area contributed by atoms with Crippen molar-refractivity contribution in [3.05, 3.63) is 11.4 Å². The lowest BCUT2D eigenvalue weighted by Crippen LogP contribution is -2.22. The number of nitrogens with zero attached hydrogens (tertiary/aromatic N) is 3. The zero-order valence-electron chi connectivity index (χ0n) is 24.5. The van der Waals surface area contributed by atoms with Gasteiger partial charge in [0.25, 0.3) is 0 Å². The molecule has 2 atom stereocenters. The topological polar surface area (TPSA) is 110 Å². The van der Waals surface area contributed by atoms with Crippen LogP contribution in [0.3, 0.4) is 0 Å². The summed E-state index contributed by atoms with van der Waals surface area (Å²) in [6, 6.07) is 0. The van der Waals surface area contributed by atoms with Gasteiger partial charge in [0.15, 0.2) is 5.69 Å². The van der Waals surface area contributed by atoms with Gasteiger partial charge in [-0.2, -0.15) is 0 Å². The van der Waals surface area contributed by atoms with Crippen molar-refractivity contribution in [2.24, 2.45) is 11.8 Å². The average Bonchev–Trinajstić information content (AvgIpc) is 3.37. The van der Waals surface area contributed by atoms with Crippen LogP contribution in [0.1, 0.15) is 132 Å². The second kappa shape index (κ2) is 21.0. The van der Waals surface area contributed by atoms with Crippen LogP contribution < -0.4 is 0 Å². The third kappa shape index (κ3) is 13.6. The summed E-state index contributed by atoms with van der Waals surface area (Å²) in [6.45, 7) is 9.32. The van der Waals surface area contributed by atoms with E-state index in [2.05, 4.69) is 43.9 Å². The second-order valence-corrected chi connectivity index (χ2v) is 10.0. The maximum Gasteiger partial charge on any atom is 0.361 e. The van der Waals surface area contributed by atoms with E-state index in [0.717, 1.165) is 57.8 Å². The van der Waals surface area contributed by atoms with Crippen LogP contribution in [-0.2, 0) is 25.5 Å². The van der Waals surface area contributed by atoms with Crippen molar-refractivity contribution < 1.29 is 28.6 Å². The van der Waals surface area contributed by atoms with E-state index in [1.165, 1.54) is 4.68 Å². The molecule has 0 saturated heterocycles. The van der Waals surface area contributed by atoms with Gasteiger partial charge < -0.3 is 14.2 Å². The first-order valence-corrected chi connectivity index (χ1v) is 14.8. The summed E-state index contributed by atoms with van der Waals surface area (Å²) >= 11 is 0. The predicted molar refractivity (Wildman–Crippen MR) is 150 cm³/mol. The van der Waals surface area contributed by atoms with Crippen LogP contribution in [0, 0.1) is 24.2 Å². The van der Waals surface area contributed by atoms with Crippen LogP contribution in [0.5, 0.6) is 0 Å². The van der Waals surface area contributed by atoms with Gasteiger partial charge in [-0.1, -0.05) is 71.4 Å². The highest BCUT2D eigenvalue weighted by Crippen LogP contribution is 2.18.